The van der Waals surface area contributed by atoms with Crippen molar-refractivity contribution in [2.45, 2.75) is 39.3 Å². The Morgan fingerprint density at radius 3 is 2.39 bits per heavy atom. The molecule has 180 valence electrons. The summed E-state index contributed by atoms with van der Waals surface area (Å²) in [7, 11) is 0. The minimum atomic E-state index is -1.29. The van der Waals surface area contributed by atoms with Gasteiger partial charge in [-0.05, 0) is 27.2 Å². The second-order valence-electron chi connectivity index (χ2n) is 8.60. The molecule has 0 aliphatic carbocycles. The third kappa shape index (κ3) is 6.39. The molecule has 1 amide bonds. The first-order valence-electron chi connectivity index (χ1n) is 10.6. The summed E-state index contributed by atoms with van der Waals surface area (Å²) in [6.07, 6.45) is 2.97. The first-order chi connectivity index (χ1) is 15.5. The number of hydrogen-bond acceptors (Lipinski definition) is 6. The third-order valence-corrected chi connectivity index (χ3v) is 4.90. The molecule has 0 spiro atoms. The first kappa shape index (κ1) is 24.4. The maximum absolute atomic E-state index is 13.6. The summed E-state index contributed by atoms with van der Waals surface area (Å²) < 4.78 is 51.9. The number of rotatable bonds is 6. The highest BCUT2D eigenvalue weighted by Crippen LogP contribution is 2.21. The fraction of sp³-hybridized carbons (Fsp3) is 0.500. The van der Waals surface area contributed by atoms with Gasteiger partial charge in [0.2, 0.25) is 0 Å². The van der Waals surface area contributed by atoms with Gasteiger partial charge in [0.15, 0.2) is 29.0 Å². The molecule has 1 aromatic carbocycles. The standard InChI is InChI=1S/C22H27F3N4O4/c1-22(2,3)33-21(31)29-10-8-27(9-11-29)19-20(30)28(7-5-26-19)6-4-12-32-18-14-16(24)15(23)13-17(18)25/h5,7,13-14H,4,6,8-12H2,1-3H3. The number of carbonyl (C=O) groups is 1. The Kier molecular flexibility index (Phi) is 7.50. The van der Waals surface area contributed by atoms with Gasteiger partial charge < -0.3 is 23.8 Å². The first-order valence-corrected chi connectivity index (χ1v) is 10.6. The molecule has 0 radical (unpaired) electrons. The summed E-state index contributed by atoms with van der Waals surface area (Å²) in [4.78, 5) is 32.7. The number of anilines is 1. The monoisotopic (exact) mass is 468 g/mol. The predicted octanol–water partition coefficient (Wildman–Crippen LogP) is 3.19. The lowest BCUT2D eigenvalue weighted by Gasteiger charge is -2.35. The van der Waals surface area contributed by atoms with Crippen LogP contribution < -0.4 is 15.2 Å². The number of nitrogens with zero attached hydrogens (tertiary/aromatic N) is 4. The smallest absolute Gasteiger partial charge is 0.410 e. The van der Waals surface area contributed by atoms with E-state index in [1.165, 1.54) is 17.0 Å². The van der Waals surface area contributed by atoms with E-state index in [9.17, 15) is 22.8 Å². The van der Waals surface area contributed by atoms with Gasteiger partial charge in [-0.15, -0.1) is 0 Å². The molecule has 1 fully saturated rings. The number of aromatic nitrogens is 2. The summed E-state index contributed by atoms with van der Waals surface area (Å²) in [5.74, 6) is -3.60. The SMILES string of the molecule is CC(C)(C)OC(=O)N1CCN(c2nccn(CCCOc3cc(F)c(F)cc3F)c2=O)CC1. The molecule has 0 saturated carbocycles. The molecule has 0 bridgehead atoms. The van der Waals surface area contributed by atoms with E-state index in [2.05, 4.69) is 4.98 Å². The van der Waals surface area contributed by atoms with E-state index in [-0.39, 0.29) is 30.3 Å². The van der Waals surface area contributed by atoms with E-state index in [1.54, 1.807) is 25.7 Å². The molecule has 1 aromatic heterocycles. The third-order valence-electron chi connectivity index (χ3n) is 4.90. The van der Waals surface area contributed by atoms with Crippen molar-refractivity contribution in [1.82, 2.24) is 14.5 Å². The van der Waals surface area contributed by atoms with Crippen LogP contribution in [0.4, 0.5) is 23.8 Å². The summed E-state index contributed by atoms with van der Waals surface area (Å²) in [5, 5.41) is 0. The van der Waals surface area contributed by atoms with Gasteiger partial charge in [-0.25, -0.2) is 22.9 Å². The van der Waals surface area contributed by atoms with Crippen molar-refractivity contribution in [1.29, 1.82) is 0 Å². The maximum Gasteiger partial charge on any atom is 0.410 e. The van der Waals surface area contributed by atoms with Crippen LogP contribution in [0.5, 0.6) is 5.75 Å². The highest BCUT2D eigenvalue weighted by atomic mass is 19.2. The summed E-state index contributed by atoms with van der Waals surface area (Å²) in [6, 6.07) is 1.07. The van der Waals surface area contributed by atoms with Gasteiger partial charge in [0.1, 0.15) is 5.60 Å². The molecule has 1 saturated heterocycles. The molecule has 0 N–H and O–H groups in total. The second-order valence-corrected chi connectivity index (χ2v) is 8.60. The average Bonchev–Trinajstić information content (AvgIpc) is 2.74. The molecule has 11 heteroatoms. The number of aryl methyl sites for hydroxylation is 1. The number of halogens is 3. The van der Waals surface area contributed by atoms with E-state index in [0.29, 0.717) is 44.7 Å². The molecule has 1 aliphatic heterocycles. The molecule has 0 unspecified atom stereocenters. The van der Waals surface area contributed by atoms with Crippen LogP contribution in [0.3, 0.4) is 0 Å². The number of amides is 1. The number of carbonyl (C=O) groups excluding carboxylic acids is 1. The fourth-order valence-corrected chi connectivity index (χ4v) is 3.29. The highest BCUT2D eigenvalue weighted by molar-refractivity contribution is 5.68. The zero-order valence-corrected chi connectivity index (χ0v) is 18.8. The molecule has 2 aromatic rings. The molecular formula is C22H27F3N4O4. The lowest BCUT2D eigenvalue weighted by Crippen LogP contribution is -2.51. The van der Waals surface area contributed by atoms with Crippen molar-refractivity contribution in [3.8, 4) is 5.75 Å². The normalized spacial score (nSPS) is 14.4. The van der Waals surface area contributed by atoms with E-state index >= 15 is 0 Å². The van der Waals surface area contributed by atoms with E-state index in [0.717, 1.165) is 0 Å². The molecule has 8 nitrogen and oxygen atoms in total. The number of hydrogen-bond donors (Lipinski definition) is 0. The lowest BCUT2D eigenvalue weighted by molar-refractivity contribution is 0.0240. The van der Waals surface area contributed by atoms with Crippen LogP contribution in [0.15, 0.2) is 29.3 Å². The van der Waals surface area contributed by atoms with Crippen LogP contribution in [-0.4, -0.2) is 58.9 Å². The van der Waals surface area contributed by atoms with Crippen LogP contribution in [0.2, 0.25) is 0 Å². The van der Waals surface area contributed by atoms with Gasteiger partial charge >= 0.3 is 6.09 Å². The molecule has 1 aliphatic rings. The number of piperazine rings is 1. The van der Waals surface area contributed by atoms with Gasteiger partial charge in [-0.3, -0.25) is 4.79 Å². The fourth-order valence-electron chi connectivity index (χ4n) is 3.29. The van der Waals surface area contributed by atoms with E-state index < -0.39 is 29.1 Å². The zero-order chi connectivity index (χ0) is 24.2. The van der Waals surface area contributed by atoms with Crippen LogP contribution in [0, 0.1) is 17.5 Å². The molecule has 3 rings (SSSR count). The second kappa shape index (κ2) is 10.1. The Hall–Kier alpha value is -3.24. The molecule has 2 heterocycles. The molecule has 0 atom stereocenters. The minimum absolute atomic E-state index is 0.000646. The maximum atomic E-state index is 13.6. The zero-order valence-electron chi connectivity index (χ0n) is 18.8. The molecule has 33 heavy (non-hydrogen) atoms. The Balaban J connectivity index is 1.54. The van der Waals surface area contributed by atoms with Gasteiger partial charge in [-0.2, -0.15) is 0 Å². The summed E-state index contributed by atoms with van der Waals surface area (Å²) in [6.45, 7) is 7.34. The van der Waals surface area contributed by atoms with Crippen LogP contribution in [-0.2, 0) is 11.3 Å². The van der Waals surface area contributed by atoms with Crippen molar-refractivity contribution in [2.75, 3.05) is 37.7 Å². The van der Waals surface area contributed by atoms with Gasteiger partial charge in [0.05, 0.1) is 6.61 Å². The van der Waals surface area contributed by atoms with Gasteiger partial charge in [0.25, 0.3) is 5.56 Å². The lowest BCUT2D eigenvalue weighted by atomic mass is 10.2. The van der Waals surface area contributed by atoms with Gasteiger partial charge in [0, 0.05) is 57.3 Å². The highest BCUT2D eigenvalue weighted by Gasteiger charge is 2.27. The summed E-state index contributed by atoms with van der Waals surface area (Å²) >= 11 is 0. The number of benzene rings is 1. The van der Waals surface area contributed by atoms with Crippen molar-refractivity contribution < 1.29 is 27.4 Å². The topological polar surface area (TPSA) is 76.9 Å². The van der Waals surface area contributed by atoms with Crippen molar-refractivity contribution in [3.05, 3.63) is 52.3 Å². The Morgan fingerprint density at radius 1 is 1.06 bits per heavy atom. The predicted molar refractivity (Wildman–Crippen MR) is 115 cm³/mol. The Bertz CT molecular complexity index is 1050. The molecular weight excluding hydrogens is 441 g/mol. The van der Waals surface area contributed by atoms with Crippen LogP contribution in [0.1, 0.15) is 27.2 Å². The van der Waals surface area contributed by atoms with Crippen LogP contribution >= 0.6 is 0 Å². The van der Waals surface area contributed by atoms with Crippen molar-refractivity contribution in [2.24, 2.45) is 0 Å². The number of ether oxygens (including phenoxy) is 2. The largest absolute Gasteiger partial charge is 0.490 e. The Labute approximate surface area is 189 Å². The average molecular weight is 468 g/mol. The van der Waals surface area contributed by atoms with E-state index in [4.69, 9.17) is 9.47 Å². The minimum Gasteiger partial charge on any atom is -0.490 e. The quantitative estimate of drug-likeness (QED) is 0.479. The van der Waals surface area contributed by atoms with Crippen molar-refractivity contribution in [3.63, 3.8) is 0 Å². The summed E-state index contributed by atoms with van der Waals surface area (Å²) in [5.41, 5.74) is -0.884. The van der Waals surface area contributed by atoms with Crippen molar-refractivity contribution >= 4 is 11.9 Å². The van der Waals surface area contributed by atoms with E-state index in [1.807, 2.05) is 4.90 Å². The van der Waals surface area contributed by atoms with Gasteiger partial charge in [-0.1, -0.05) is 0 Å². The Morgan fingerprint density at radius 2 is 1.73 bits per heavy atom. The van der Waals surface area contributed by atoms with Crippen LogP contribution in [0.25, 0.3) is 0 Å².